The van der Waals surface area contributed by atoms with Gasteiger partial charge in [0.25, 0.3) is 0 Å². The van der Waals surface area contributed by atoms with Crippen molar-refractivity contribution < 1.29 is 4.74 Å². The molecule has 0 fully saturated rings. The van der Waals surface area contributed by atoms with Crippen molar-refractivity contribution in [2.75, 3.05) is 13.7 Å². The molecule has 0 radical (unpaired) electrons. The van der Waals surface area contributed by atoms with Crippen LogP contribution in [-0.4, -0.2) is 13.7 Å². The van der Waals surface area contributed by atoms with E-state index in [1.165, 1.54) is 11.1 Å². The summed E-state index contributed by atoms with van der Waals surface area (Å²) in [5, 5.41) is 0. The molecule has 1 rings (SSSR count). The van der Waals surface area contributed by atoms with E-state index in [0.717, 1.165) is 6.42 Å². The molecular formula is C13H22N2O. The highest BCUT2D eigenvalue weighted by Gasteiger charge is 2.09. The molecule has 90 valence electrons. The smallest absolute Gasteiger partial charge is 0.0481 e. The van der Waals surface area contributed by atoms with Gasteiger partial charge in [-0.3, -0.25) is 11.3 Å². The molecule has 0 aromatic heterocycles. The summed E-state index contributed by atoms with van der Waals surface area (Å²) in [6, 6.07) is 8.76. The van der Waals surface area contributed by atoms with E-state index in [9.17, 15) is 0 Å². The molecule has 0 saturated heterocycles. The third-order valence-corrected chi connectivity index (χ3v) is 2.82. The van der Waals surface area contributed by atoms with Crippen LogP contribution in [0.1, 0.15) is 43.4 Å². The minimum Gasteiger partial charge on any atom is -0.385 e. The lowest BCUT2D eigenvalue weighted by Crippen LogP contribution is -2.28. The molecule has 3 nitrogen and oxygen atoms in total. The highest BCUT2D eigenvalue weighted by atomic mass is 16.5. The molecule has 16 heavy (non-hydrogen) atoms. The summed E-state index contributed by atoms with van der Waals surface area (Å²) in [6.07, 6.45) is 0.883. The van der Waals surface area contributed by atoms with E-state index < -0.39 is 0 Å². The first-order chi connectivity index (χ1) is 7.69. The van der Waals surface area contributed by atoms with Gasteiger partial charge in [-0.2, -0.15) is 0 Å². The van der Waals surface area contributed by atoms with Crippen LogP contribution in [0.3, 0.4) is 0 Å². The Morgan fingerprint density at radius 1 is 1.19 bits per heavy atom. The van der Waals surface area contributed by atoms with Gasteiger partial charge >= 0.3 is 0 Å². The van der Waals surface area contributed by atoms with Crippen LogP contribution in [0.5, 0.6) is 0 Å². The second kappa shape index (κ2) is 6.63. The lowest BCUT2D eigenvalue weighted by molar-refractivity contribution is 0.183. The van der Waals surface area contributed by atoms with Crippen molar-refractivity contribution in [1.29, 1.82) is 0 Å². The number of rotatable bonds is 6. The Labute approximate surface area is 98.0 Å². The van der Waals surface area contributed by atoms with Gasteiger partial charge in [-0.15, -0.1) is 0 Å². The minimum absolute atomic E-state index is 0.168. The fourth-order valence-electron chi connectivity index (χ4n) is 1.70. The fraction of sp³-hybridized carbons (Fsp3) is 0.538. The molecule has 0 bridgehead atoms. The number of benzene rings is 1. The first-order valence-corrected chi connectivity index (χ1v) is 5.74. The van der Waals surface area contributed by atoms with Crippen molar-refractivity contribution in [3.05, 3.63) is 35.4 Å². The molecule has 3 heteroatoms. The van der Waals surface area contributed by atoms with Crippen molar-refractivity contribution in [3.63, 3.8) is 0 Å². The van der Waals surface area contributed by atoms with Crippen molar-refractivity contribution >= 4 is 0 Å². The molecule has 1 aromatic carbocycles. The van der Waals surface area contributed by atoms with Gasteiger partial charge in [-0.25, -0.2) is 0 Å². The van der Waals surface area contributed by atoms with Gasteiger partial charge in [0.2, 0.25) is 0 Å². The van der Waals surface area contributed by atoms with Crippen LogP contribution in [0.15, 0.2) is 24.3 Å². The maximum atomic E-state index is 5.54. The average molecular weight is 222 g/mol. The zero-order chi connectivity index (χ0) is 12.0. The lowest BCUT2D eigenvalue weighted by atomic mass is 9.98. The molecule has 1 aromatic rings. The van der Waals surface area contributed by atoms with E-state index in [1.807, 2.05) is 0 Å². The maximum Gasteiger partial charge on any atom is 0.0481 e. The lowest BCUT2D eigenvalue weighted by Gasteiger charge is -2.16. The number of hydrogen-bond acceptors (Lipinski definition) is 3. The van der Waals surface area contributed by atoms with Crippen molar-refractivity contribution in [1.82, 2.24) is 5.43 Å². The summed E-state index contributed by atoms with van der Waals surface area (Å²) < 4.78 is 5.06. The molecule has 0 spiro atoms. The monoisotopic (exact) mass is 222 g/mol. The highest BCUT2D eigenvalue weighted by Crippen LogP contribution is 2.20. The Morgan fingerprint density at radius 2 is 1.75 bits per heavy atom. The summed E-state index contributed by atoms with van der Waals surface area (Å²) in [5.74, 6) is 6.10. The van der Waals surface area contributed by atoms with E-state index in [4.69, 9.17) is 10.6 Å². The van der Waals surface area contributed by atoms with Gasteiger partial charge in [0.05, 0.1) is 0 Å². The molecule has 0 amide bonds. The van der Waals surface area contributed by atoms with Crippen LogP contribution in [-0.2, 0) is 4.74 Å². The van der Waals surface area contributed by atoms with Gasteiger partial charge in [0, 0.05) is 19.8 Å². The molecule has 0 aliphatic carbocycles. The Hall–Kier alpha value is -0.900. The van der Waals surface area contributed by atoms with Crippen LogP contribution < -0.4 is 11.3 Å². The zero-order valence-corrected chi connectivity index (χ0v) is 10.4. The number of nitrogens with two attached hydrogens (primary N) is 1. The van der Waals surface area contributed by atoms with Crippen LogP contribution in [0.4, 0.5) is 0 Å². The second-order valence-corrected chi connectivity index (χ2v) is 4.32. The van der Waals surface area contributed by atoms with E-state index in [2.05, 4.69) is 43.5 Å². The standard InChI is InChI=1S/C13H22N2O/c1-10(2)11-4-6-12(7-5-11)13(15-14)8-9-16-3/h4-7,10,13,15H,8-9,14H2,1-3H3. The van der Waals surface area contributed by atoms with Crippen LogP contribution in [0, 0.1) is 0 Å². The Balaban J connectivity index is 2.70. The molecule has 0 aliphatic rings. The molecule has 1 atom stereocenters. The van der Waals surface area contributed by atoms with E-state index >= 15 is 0 Å². The highest BCUT2D eigenvalue weighted by molar-refractivity contribution is 5.26. The molecule has 1 unspecified atom stereocenters. The predicted octanol–water partition coefficient (Wildman–Crippen LogP) is 2.35. The molecule has 3 N–H and O–H groups in total. The number of hydrogen-bond donors (Lipinski definition) is 2. The van der Waals surface area contributed by atoms with E-state index in [-0.39, 0.29) is 6.04 Å². The summed E-state index contributed by atoms with van der Waals surface area (Å²) in [5.41, 5.74) is 5.39. The Kier molecular flexibility index (Phi) is 5.46. The predicted molar refractivity (Wildman–Crippen MR) is 67.1 cm³/mol. The first-order valence-electron chi connectivity index (χ1n) is 5.74. The quantitative estimate of drug-likeness (QED) is 0.574. The van der Waals surface area contributed by atoms with Gasteiger partial charge in [-0.1, -0.05) is 38.1 Å². The first kappa shape index (κ1) is 13.2. The molecule has 0 saturated carbocycles. The number of nitrogens with one attached hydrogen (secondary N) is 1. The molecule has 0 heterocycles. The third kappa shape index (κ3) is 3.59. The largest absolute Gasteiger partial charge is 0.385 e. The molecule has 0 aliphatic heterocycles. The number of methoxy groups -OCH3 is 1. The van der Waals surface area contributed by atoms with E-state index in [1.54, 1.807) is 7.11 Å². The summed E-state index contributed by atoms with van der Waals surface area (Å²) in [6.45, 7) is 5.10. The van der Waals surface area contributed by atoms with E-state index in [0.29, 0.717) is 12.5 Å². The van der Waals surface area contributed by atoms with Crippen LogP contribution in [0.2, 0.25) is 0 Å². The second-order valence-electron chi connectivity index (χ2n) is 4.32. The third-order valence-electron chi connectivity index (χ3n) is 2.82. The topological polar surface area (TPSA) is 47.3 Å². The number of hydrazine groups is 1. The minimum atomic E-state index is 0.168. The van der Waals surface area contributed by atoms with Gasteiger partial charge in [-0.05, 0) is 23.5 Å². The summed E-state index contributed by atoms with van der Waals surface area (Å²) in [7, 11) is 1.70. The Morgan fingerprint density at radius 3 is 2.19 bits per heavy atom. The molecular weight excluding hydrogens is 200 g/mol. The summed E-state index contributed by atoms with van der Waals surface area (Å²) in [4.78, 5) is 0. The fourth-order valence-corrected chi connectivity index (χ4v) is 1.70. The Bertz CT molecular complexity index is 295. The summed E-state index contributed by atoms with van der Waals surface area (Å²) >= 11 is 0. The van der Waals surface area contributed by atoms with Crippen molar-refractivity contribution in [2.24, 2.45) is 5.84 Å². The SMILES string of the molecule is COCCC(NN)c1ccc(C(C)C)cc1. The van der Waals surface area contributed by atoms with Crippen molar-refractivity contribution in [2.45, 2.75) is 32.2 Å². The zero-order valence-electron chi connectivity index (χ0n) is 10.4. The average Bonchev–Trinajstić information content (AvgIpc) is 2.30. The van der Waals surface area contributed by atoms with Gasteiger partial charge in [0.1, 0.15) is 0 Å². The van der Waals surface area contributed by atoms with Gasteiger partial charge in [0.15, 0.2) is 0 Å². The number of ether oxygens (including phenoxy) is 1. The normalized spacial score (nSPS) is 13.1. The van der Waals surface area contributed by atoms with Crippen molar-refractivity contribution in [3.8, 4) is 0 Å². The van der Waals surface area contributed by atoms with Crippen LogP contribution >= 0.6 is 0 Å². The van der Waals surface area contributed by atoms with Crippen LogP contribution in [0.25, 0.3) is 0 Å². The van der Waals surface area contributed by atoms with Gasteiger partial charge < -0.3 is 4.74 Å². The maximum absolute atomic E-state index is 5.54.